The Bertz CT molecular complexity index is 315. The van der Waals surface area contributed by atoms with Gasteiger partial charge in [0.05, 0.1) is 17.3 Å². The maximum absolute atomic E-state index is 12.3. The number of nitrogens with two attached hydrogens (primary N) is 1. The molecule has 5 heteroatoms. The van der Waals surface area contributed by atoms with Crippen LogP contribution in [0.1, 0.15) is 23.2 Å². The molecule has 1 aromatic heterocycles. The number of hydrogen-bond donors (Lipinski definition) is 1. The number of hydrogen-bond acceptors (Lipinski definition) is 2. The molecule has 0 radical (unpaired) electrons. The smallest absolute Gasteiger partial charge is 0.265 e. The molecule has 0 bridgehead atoms. The van der Waals surface area contributed by atoms with Crippen LogP contribution in [0.2, 0.25) is 0 Å². The second-order valence-electron chi connectivity index (χ2n) is 2.63. The molecule has 2 N–H and O–H groups in total. The Morgan fingerprint density at radius 3 is 2.69 bits per heavy atom. The summed E-state index contributed by atoms with van der Waals surface area (Å²) in [5, 5.41) is 0. The van der Waals surface area contributed by atoms with Crippen molar-refractivity contribution >= 4 is 17.3 Å². The Hall–Kier alpha value is -0.900. The molecular formula is C8H9ClF2N2. The summed E-state index contributed by atoms with van der Waals surface area (Å²) in [6.45, 7) is 1.54. The Morgan fingerprint density at radius 2 is 2.23 bits per heavy atom. The highest BCUT2D eigenvalue weighted by Gasteiger charge is 2.14. The first-order chi connectivity index (χ1) is 6.07. The molecule has 72 valence electrons. The zero-order chi connectivity index (χ0) is 10.0. The molecule has 1 heterocycles. The van der Waals surface area contributed by atoms with Crippen LogP contribution in [0.15, 0.2) is 6.20 Å². The van der Waals surface area contributed by atoms with Crippen LogP contribution in [0.4, 0.5) is 14.5 Å². The lowest BCUT2D eigenvalue weighted by Gasteiger charge is -2.09. The predicted octanol–water partition coefficient (Wildman–Crippen LogP) is 2.65. The predicted molar refractivity (Wildman–Crippen MR) is 47.9 cm³/mol. The summed E-state index contributed by atoms with van der Waals surface area (Å²) in [4.78, 5) is 3.74. The van der Waals surface area contributed by atoms with E-state index >= 15 is 0 Å². The molecule has 0 aromatic carbocycles. The van der Waals surface area contributed by atoms with E-state index in [9.17, 15) is 8.78 Å². The maximum atomic E-state index is 12.3. The minimum Gasteiger partial charge on any atom is -0.397 e. The zero-order valence-corrected chi connectivity index (χ0v) is 7.78. The van der Waals surface area contributed by atoms with Gasteiger partial charge in [-0.25, -0.2) is 8.78 Å². The summed E-state index contributed by atoms with van der Waals surface area (Å²) >= 11 is 5.51. The summed E-state index contributed by atoms with van der Waals surface area (Å²) in [6.07, 6.45) is -1.42. The number of aromatic nitrogens is 1. The number of rotatable bonds is 2. The molecule has 1 rings (SSSR count). The van der Waals surface area contributed by atoms with Crippen LogP contribution in [-0.4, -0.2) is 4.98 Å². The number of nitrogen functional groups attached to an aromatic ring is 1. The fraction of sp³-hybridized carbons (Fsp3) is 0.375. The normalized spacial score (nSPS) is 10.8. The van der Waals surface area contributed by atoms with Gasteiger partial charge in [0.25, 0.3) is 6.43 Å². The van der Waals surface area contributed by atoms with Crippen molar-refractivity contribution in [3.63, 3.8) is 0 Å². The lowest BCUT2D eigenvalue weighted by Crippen LogP contribution is -2.02. The first-order valence-electron chi connectivity index (χ1n) is 3.66. The largest absolute Gasteiger partial charge is 0.397 e. The van der Waals surface area contributed by atoms with Crippen LogP contribution in [0.5, 0.6) is 0 Å². The topological polar surface area (TPSA) is 38.9 Å². The molecule has 0 unspecified atom stereocenters. The average molecular weight is 207 g/mol. The van der Waals surface area contributed by atoms with Gasteiger partial charge in [-0.1, -0.05) is 0 Å². The lowest BCUT2D eigenvalue weighted by atomic mass is 10.1. The Balaban J connectivity index is 3.23. The highest BCUT2D eigenvalue weighted by molar-refractivity contribution is 6.17. The molecule has 0 amide bonds. The van der Waals surface area contributed by atoms with Crippen molar-refractivity contribution in [3.8, 4) is 0 Å². The Kier molecular flexibility index (Phi) is 3.03. The summed E-state index contributed by atoms with van der Waals surface area (Å²) in [7, 11) is 0. The number of pyridine rings is 1. The summed E-state index contributed by atoms with van der Waals surface area (Å²) in [5.74, 6) is 0.135. The summed E-state index contributed by atoms with van der Waals surface area (Å²) in [6, 6.07) is 0. The van der Waals surface area contributed by atoms with E-state index in [0.717, 1.165) is 6.20 Å². The molecule has 0 spiro atoms. The first-order valence-corrected chi connectivity index (χ1v) is 4.19. The zero-order valence-electron chi connectivity index (χ0n) is 7.02. The van der Waals surface area contributed by atoms with E-state index in [1.54, 1.807) is 0 Å². The maximum Gasteiger partial charge on any atom is 0.265 e. The van der Waals surface area contributed by atoms with Crippen molar-refractivity contribution in [2.75, 3.05) is 5.73 Å². The Labute approximate surface area is 79.7 Å². The molecule has 0 aliphatic rings. The molecule has 1 aromatic rings. The molecule has 0 aliphatic carbocycles. The van der Waals surface area contributed by atoms with Crippen LogP contribution in [-0.2, 0) is 5.88 Å². The standard InChI is InChI=1S/C8H9ClF2N2/c1-4-5(8(10)11)3-13-6(2-9)7(4)12/h3,8H,2,12H2,1H3. The highest BCUT2D eigenvalue weighted by atomic mass is 35.5. The highest BCUT2D eigenvalue weighted by Crippen LogP contribution is 2.27. The second-order valence-corrected chi connectivity index (χ2v) is 2.90. The first kappa shape index (κ1) is 10.2. The molecular weight excluding hydrogens is 198 g/mol. The SMILES string of the molecule is Cc1c(C(F)F)cnc(CCl)c1N. The average Bonchev–Trinajstić information content (AvgIpc) is 2.09. The van der Waals surface area contributed by atoms with Crippen molar-refractivity contribution in [1.82, 2.24) is 4.98 Å². The third-order valence-corrected chi connectivity index (χ3v) is 2.12. The fourth-order valence-electron chi connectivity index (χ4n) is 1.01. The molecule has 0 aliphatic heterocycles. The molecule has 13 heavy (non-hydrogen) atoms. The van der Waals surface area contributed by atoms with E-state index in [1.807, 2.05) is 0 Å². The molecule has 0 atom stereocenters. The van der Waals surface area contributed by atoms with Gasteiger partial charge in [0.2, 0.25) is 0 Å². The van der Waals surface area contributed by atoms with Crippen LogP contribution in [0.25, 0.3) is 0 Å². The minimum atomic E-state index is -2.54. The third kappa shape index (κ3) is 1.88. The van der Waals surface area contributed by atoms with Crippen LogP contribution < -0.4 is 5.73 Å². The van der Waals surface area contributed by atoms with Gasteiger partial charge in [-0.3, -0.25) is 4.98 Å². The van der Waals surface area contributed by atoms with E-state index in [2.05, 4.69) is 4.98 Å². The van der Waals surface area contributed by atoms with Crippen LogP contribution in [0.3, 0.4) is 0 Å². The van der Waals surface area contributed by atoms with E-state index in [0.29, 0.717) is 11.3 Å². The number of halogens is 3. The summed E-state index contributed by atoms with van der Waals surface area (Å²) < 4.78 is 24.6. The van der Waals surface area contributed by atoms with Gasteiger partial charge in [-0.05, 0) is 12.5 Å². The number of nitrogens with zero attached hydrogens (tertiary/aromatic N) is 1. The van der Waals surface area contributed by atoms with Gasteiger partial charge in [0, 0.05) is 11.8 Å². The molecule has 0 saturated carbocycles. The minimum absolute atomic E-state index is 0.133. The van der Waals surface area contributed by atoms with Crippen molar-refractivity contribution in [1.29, 1.82) is 0 Å². The third-order valence-electron chi connectivity index (χ3n) is 1.87. The second kappa shape index (κ2) is 3.87. The quantitative estimate of drug-likeness (QED) is 0.756. The lowest BCUT2D eigenvalue weighted by molar-refractivity contribution is 0.150. The molecule has 2 nitrogen and oxygen atoms in total. The van der Waals surface area contributed by atoms with Crippen LogP contribution >= 0.6 is 11.6 Å². The number of anilines is 1. The molecule has 0 fully saturated rings. The van der Waals surface area contributed by atoms with Gasteiger partial charge < -0.3 is 5.73 Å². The van der Waals surface area contributed by atoms with Gasteiger partial charge in [-0.2, -0.15) is 0 Å². The van der Waals surface area contributed by atoms with Gasteiger partial charge in [0.15, 0.2) is 0 Å². The summed E-state index contributed by atoms with van der Waals surface area (Å²) in [5.41, 5.74) is 6.49. The van der Waals surface area contributed by atoms with E-state index in [1.165, 1.54) is 6.92 Å². The monoisotopic (exact) mass is 206 g/mol. The fourth-order valence-corrected chi connectivity index (χ4v) is 1.23. The van der Waals surface area contributed by atoms with Crippen LogP contribution in [0, 0.1) is 6.92 Å². The van der Waals surface area contributed by atoms with E-state index < -0.39 is 6.43 Å². The number of alkyl halides is 3. The van der Waals surface area contributed by atoms with Gasteiger partial charge in [0.1, 0.15) is 0 Å². The Morgan fingerprint density at radius 1 is 1.62 bits per heavy atom. The van der Waals surface area contributed by atoms with Gasteiger partial charge >= 0.3 is 0 Å². The van der Waals surface area contributed by atoms with Crippen molar-refractivity contribution in [3.05, 3.63) is 23.0 Å². The van der Waals surface area contributed by atoms with Crippen molar-refractivity contribution < 1.29 is 8.78 Å². The van der Waals surface area contributed by atoms with Gasteiger partial charge in [-0.15, -0.1) is 11.6 Å². The van der Waals surface area contributed by atoms with E-state index in [-0.39, 0.29) is 17.1 Å². The van der Waals surface area contributed by atoms with E-state index in [4.69, 9.17) is 17.3 Å². The molecule has 0 saturated heterocycles. The van der Waals surface area contributed by atoms with Crippen molar-refractivity contribution in [2.24, 2.45) is 0 Å². The van der Waals surface area contributed by atoms with Crippen molar-refractivity contribution in [2.45, 2.75) is 19.2 Å².